The van der Waals surface area contributed by atoms with Gasteiger partial charge in [0.05, 0.1) is 19.0 Å². The van der Waals surface area contributed by atoms with Crippen LogP contribution in [0.15, 0.2) is 84.0 Å². The van der Waals surface area contributed by atoms with Crippen LogP contribution in [0.5, 0.6) is 0 Å². The lowest BCUT2D eigenvalue weighted by atomic mass is 9.97. The van der Waals surface area contributed by atoms with Gasteiger partial charge in [0.25, 0.3) is 5.91 Å². The number of nitrogens with one attached hydrogen (secondary N) is 1. The number of hydrogen-bond donors (Lipinski definition) is 1. The number of carbonyl (C=O) groups excluding carboxylic acids is 2. The first-order chi connectivity index (χ1) is 22.2. The lowest BCUT2D eigenvalue weighted by Gasteiger charge is -2.32. The molecule has 2 heterocycles. The molecular weight excluding hydrogens is 595 g/mol. The van der Waals surface area contributed by atoms with Crippen LogP contribution in [-0.4, -0.2) is 58.7 Å². The SMILES string of the molecule is Cc1cc(C)nc(SCC(=O)N(Cc2ccccc2C)C(C(=O)Nc2ccc(N3CCOCC3)cc2)c2ccc(C(C)C)cc2)n1. The zero-order valence-electron chi connectivity index (χ0n) is 27.3. The Morgan fingerprint density at radius 2 is 1.52 bits per heavy atom. The minimum Gasteiger partial charge on any atom is -0.378 e. The van der Waals surface area contributed by atoms with E-state index in [9.17, 15) is 9.59 Å². The minimum absolute atomic E-state index is 0.0941. The van der Waals surface area contributed by atoms with Crippen LogP contribution in [0.1, 0.15) is 59.4 Å². The van der Waals surface area contributed by atoms with Crippen LogP contribution in [0.25, 0.3) is 0 Å². The number of aromatic nitrogens is 2. The van der Waals surface area contributed by atoms with Gasteiger partial charge in [-0.05, 0) is 79.3 Å². The lowest BCUT2D eigenvalue weighted by molar-refractivity contribution is -0.137. The van der Waals surface area contributed by atoms with Crippen molar-refractivity contribution in [2.24, 2.45) is 0 Å². The fraction of sp³-hybridized carbons (Fsp3) is 0.351. The standard InChI is InChI=1S/C37H43N5O3S/c1-25(2)29-10-12-30(13-11-29)35(36(44)40-32-14-16-33(17-15-32)41-18-20-45-21-19-41)42(23-31-9-7-6-8-26(31)3)34(43)24-46-37-38-27(4)22-28(5)39-37/h6-17,22,25,35H,18-21,23-24H2,1-5H3,(H,40,44). The van der Waals surface area contributed by atoms with E-state index in [0.717, 1.165) is 46.9 Å². The number of ether oxygens (including phenoxy) is 1. The van der Waals surface area contributed by atoms with Gasteiger partial charge < -0.3 is 19.9 Å². The highest BCUT2D eigenvalue weighted by molar-refractivity contribution is 7.99. The minimum atomic E-state index is -0.868. The van der Waals surface area contributed by atoms with Crippen molar-refractivity contribution in [2.75, 3.05) is 42.3 Å². The molecule has 1 aliphatic rings. The summed E-state index contributed by atoms with van der Waals surface area (Å²) >= 11 is 1.29. The molecule has 1 unspecified atom stereocenters. The number of thioether (sulfide) groups is 1. The number of hydrogen-bond acceptors (Lipinski definition) is 7. The molecule has 2 amide bonds. The third-order valence-electron chi connectivity index (χ3n) is 8.20. The van der Waals surface area contributed by atoms with Crippen LogP contribution in [0.3, 0.4) is 0 Å². The van der Waals surface area contributed by atoms with Crippen molar-refractivity contribution < 1.29 is 14.3 Å². The van der Waals surface area contributed by atoms with Crippen LogP contribution < -0.4 is 10.2 Å². The zero-order valence-corrected chi connectivity index (χ0v) is 28.1. The fourth-order valence-corrected chi connectivity index (χ4v) is 6.42. The van der Waals surface area contributed by atoms with Gasteiger partial charge in [0.15, 0.2) is 5.16 Å². The van der Waals surface area contributed by atoms with Crippen molar-refractivity contribution in [3.8, 4) is 0 Å². The maximum Gasteiger partial charge on any atom is 0.251 e. The van der Waals surface area contributed by atoms with E-state index in [0.29, 0.717) is 30.0 Å². The first-order valence-corrected chi connectivity index (χ1v) is 16.8. The lowest BCUT2D eigenvalue weighted by Crippen LogP contribution is -2.42. The Labute approximate surface area is 276 Å². The van der Waals surface area contributed by atoms with E-state index in [1.54, 1.807) is 4.90 Å². The van der Waals surface area contributed by atoms with Crippen LogP contribution in [0, 0.1) is 20.8 Å². The van der Waals surface area contributed by atoms with Gasteiger partial charge in [-0.1, -0.05) is 74.1 Å². The smallest absolute Gasteiger partial charge is 0.251 e. The Kier molecular flexibility index (Phi) is 11.1. The summed E-state index contributed by atoms with van der Waals surface area (Å²) in [5.74, 6) is -0.0142. The molecule has 0 radical (unpaired) electrons. The van der Waals surface area contributed by atoms with Gasteiger partial charge in [0, 0.05) is 42.4 Å². The molecule has 0 aliphatic carbocycles. The number of amides is 2. The second-order valence-corrected chi connectivity index (χ2v) is 13.0. The third kappa shape index (κ3) is 8.53. The number of carbonyl (C=O) groups is 2. The normalized spacial score (nSPS) is 13.8. The average molecular weight is 638 g/mol. The Bertz CT molecular complexity index is 1620. The Morgan fingerprint density at radius 1 is 0.891 bits per heavy atom. The van der Waals surface area contributed by atoms with Gasteiger partial charge in [-0.15, -0.1) is 0 Å². The van der Waals surface area contributed by atoms with Gasteiger partial charge in [-0.2, -0.15) is 0 Å². The molecule has 8 nitrogen and oxygen atoms in total. The number of rotatable bonds is 11. The summed E-state index contributed by atoms with van der Waals surface area (Å²) in [7, 11) is 0. The van der Waals surface area contributed by atoms with E-state index in [1.807, 2.05) is 99.6 Å². The Morgan fingerprint density at radius 3 is 2.15 bits per heavy atom. The van der Waals surface area contributed by atoms with Crippen molar-refractivity contribution in [2.45, 2.75) is 58.3 Å². The van der Waals surface area contributed by atoms with E-state index in [1.165, 1.54) is 17.3 Å². The summed E-state index contributed by atoms with van der Waals surface area (Å²) in [4.78, 5) is 41.6. The molecule has 0 spiro atoms. The van der Waals surface area contributed by atoms with Crippen LogP contribution in [-0.2, 0) is 20.9 Å². The van der Waals surface area contributed by atoms with Crippen molar-refractivity contribution >= 4 is 35.0 Å². The van der Waals surface area contributed by atoms with Crippen molar-refractivity contribution in [1.29, 1.82) is 0 Å². The first kappa shape index (κ1) is 33.2. The first-order valence-electron chi connectivity index (χ1n) is 15.8. The van der Waals surface area contributed by atoms with E-state index >= 15 is 0 Å². The quantitative estimate of drug-likeness (QED) is 0.142. The molecule has 9 heteroatoms. The monoisotopic (exact) mass is 637 g/mol. The summed E-state index contributed by atoms with van der Waals surface area (Å²) in [6.45, 7) is 13.5. The molecule has 1 aromatic heterocycles. The molecule has 240 valence electrons. The number of aryl methyl sites for hydroxylation is 3. The van der Waals surface area contributed by atoms with Crippen molar-refractivity contribution in [3.63, 3.8) is 0 Å². The third-order valence-corrected chi connectivity index (χ3v) is 9.03. The van der Waals surface area contributed by atoms with Gasteiger partial charge in [0.1, 0.15) is 6.04 Å². The Balaban J connectivity index is 1.47. The van der Waals surface area contributed by atoms with Gasteiger partial charge in [-0.3, -0.25) is 9.59 Å². The summed E-state index contributed by atoms with van der Waals surface area (Å²) < 4.78 is 5.49. The number of anilines is 2. The maximum atomic E-state index is 14.3. The second-order valence-electron chi connectivity index (χ2n) is 12.0. The fourth-order valence-electron chi connectivity index (χ4n) is 5.59. The largest absolute Gasteiger partial charge is 0.378 e. The molecule has 3 aromatic carbocycles. The molecule has 1 fully saturated rings. The molecule has 0 saturated carbocycles. The molecule has 0 bridgehead atoms. The van der Waals surface area contributed by atoms with Gasteiger partial charge >= 0.3 is 0 Å². The predicted molar refractivity (Wildman–Crippen MR) is 185 cm³/mol. The van der Waals surface area contributed by atoms with Crippen LogP contribution in [0.2, 0.25) is 0 Å². The summed E-state index contributed by atoms with van der Waals surface area (Å²) in [6, 6.07) is 24.9. The van der Waals surface area contributed by atoms with E-state index < -0.39 is 6.04 Å². The maximum absolute atomic E-state index is 14.3. The van der Waals surface area contributed by atoms with Gasteiger partial charge in [-0.25, -0.2) is 9.97 Å². The highest BCUT2D eigenvalue weighted by Gasteiger charge is 2.32. The summed E-state index contributed by atoms with van der Waals surface area (Å²) in [6.07, 6.45) is 0. The molecule has 1 atom stereocenters. The van der Waals surface area contributed by atoms with E-state index in [2.05, 4.69) is 34.0 Å². The molecule has 1 aliphatic heterocycles. The molecule has 1 saturated heterocycles. The topological polar surface area (TPSA) is 87.7 Å². The average Bonchev–Trinajstić information content (AvgIpc) is 3.05. The Hall–Kier alpha value is -4.21. The highest BCUT2D eigenvalue weighted by atomic mass is 32.2. The van der Waals surface area contributed by atoms with Crippen molar-refractivity contribution in [1.82, 2.24) is 14.9 Å². The van der Waals surface area contributed by atoms with Crippen LogP contribution >= 0.6 is 11.8 Å². The van der Waals surface area contributed by atoms with E-state index in [-0.39, 0.29) is 24.1 Å². The number of nitrogens with zero attached hydrogens (tertiary/aromatic N) is 4. The van der Waals surface area contributed by atoms with E-state index in [4.69, 9.17) is 4.74 Å². The number of morpholine rings is 1. The van der Waals surface area contributed by atoms with Crippen molar-refractivity contribution in [3.05, 3.63) is 113 Å². The van der Waals surface area contributed by atoms with Gasteiger partial charge in [0.2, 0.25) is 5.91 Å². The molecule has 46 heavy (non-hydrogen) atoms. The predicted octanol–water partition coefficient (Wildman–Crippen LogP) is 6.86. The molecule has 1 N–H and O–H groups in total. The van der Waals surface area contributed by atoms with Crippen LogP contribution in [0.4, 0.5) is 11.4 Å². The number of benzene rings is 3. The molecule has 5 rings (SSSR count). The second kappa shape index (κ2) is 15.4. The zero-order chi connectivity index (χ0) is 32.6. The summed E-state index contributed by atoms with van der Waals surface area (Å²) in [5, 5.41) is 3.67. The molecular formula is C37H43N5O3S. The summed E-state index contributed by atoms with van der Waals surface area (Å²) in [5.41, 5.74) is 7.41. The molecule has 4 aromatic rings. The highest BCUT2D eigenvalue weighted by Crippen LogP contribution is 2.30.